The van der Waals surface area contributed by atoms with Gasteiger partial charge in [-0.25, -0.2) is 0 Å². The van der Waals surface area contributed by atoms with E-state index in [9.17, 15) is 4.79 Å². The van der Waals surface area contributed by atoms with Crippen molar-refractivity contribution in [1.29, 1.82) is 0 Å². The molecule has 0 spiro atoms. The van der Waals surface area contributed by atoms with Crippen molar-refractivity contribution in [3.63, 3.8) is 0 Å². The van der Waals surface area contributed by atoms with Crippen molar-refractivity contribution in [3.8, 4) is 5.75 Å². The Bertz CT molecular complexity index is 764. The highest BCUT2D eigenvalue weighted by atomic mass is 32.1. The van der Waals surface area contributed by atoms with Crippen LogP contribution in [0.5, 0.6) is 5.75 Å². The van der Waals surface area contributed by atoms with Crippen molar-refractivity contribution in [1.82, 2.24) is 5.32 Å². The molecule has 2 N–H and O–H groups in total. The predicted octanol–water partition coefficient (Wildman–Crippen LogP) is 3.84. The van der Waals surface area contributed by atoms with Crippen LogP contribution >= 0.6 is 12.2 Å². The minimum atomic E-state index is -0.303. The molecule has 0 aliphatic rings. The Hall–Kier alpha value is -2.66. The topological polar surface area (TPSA) is 50.4 Å². The summed E-state index contributed by atoms with van der Waals surface area (Å²) in [5.74, 6) is 0.403. The first-order chi connectivity index (χ1) is 11.5. The van der Waals surface area contributed by atoms with E-state index >= 15 is 0 Å². The summed E-state index contributed by atoms with van der Waals surface area (Å²) in [5, 5.41) is 5.90. The molecule has 0 aromatic heterocycles. The fraction of sp³-hybridized carbons (Fsp3) is 0.158. The highest BCUT2D eigenvalue weighted by Crippen LogP contribution is 2.18. The standard InChI is InChI=1S/C19H20N2O2S/c1-13-10-14(2)12-16(11-13)20-19(24)21-18(22)9-8-15-6-4-5-7-17(15)23-3/h4-12H,1-3H3,(H2,20,21,22,24)/b9-8+. The third kappa shape index (κ3) is 5.21. The fourth-order valence-corrected chi connectivity index (χ4v) is 2.55. The number of aryl methyl sites for hydroxylation is 2. The van der Waals surface area contributed by atoms with E-state index in [1.807, 2.05) is 50.2 Å². The Balaban J connectivity index is 1.96. The number of amides is 1. The zero-order valence-corrected chi connectivity index (χ0v) is 14.7. The summed E-state index contributed by atoms with van der Waals surface area (Å²) in [5.41, 5.74) is 3.93. The van der Waals surface area contributed by atoms with Crippen molar-refractivity contribution >= 4 is 35.0 Å². The molecule has 2 rings (SSSR count). The van der Waals surface area contributed by atoms with E-state index in [4.69, 9.17) is 17.0 Å². The van der Waals surface area contributed by atoms with E-state index in [1.54, 1.807) is 13.2 Å². The van der Waals surface area contributed by atoms with Crippen LogP contribution in [-0.2, 0) is 4.79 Å². The lowest BCUT2D eigenvalue weighted by molar-refractivity contribution is -0.115. The third-order valence-corrected chi connectivity index (χ3v) is 3.47. The molecular weight excluding hydrogens is 320 g/mol. The minimum absolute atomic E-state index is 0.259. The third-order valence-electron chi connectivity index (χ3n) is 3.27. The first-order valence-electron chi connectivity index (χ1n) is 7.49. The largest absolute Gasteiger partial charge is 0.496 e. The van der Waals surface area contributed by atoms with Gasteiger partial charge in [-0.2, -0.15) is 0 Å². The molecule has 0 saturated heterocycles. The zero-order chi connectivity index (χ0) is 17.5. The molecule has 0 aliphatic heterocycles. The van der Waals surface area contributed by atoms with Gasteiger partial charge in [-0.3, -0.25) is 10.1 Å². The number of methoxy groups -OCH3 is 1. The number of benzene rings is 2. The lowest BCUT2D eigenvalue weighted by atomic mass is 10.1. The lowest BCUT2D eigenvalue weighted by Gasteiger charge is -2.10. The van der Waals surface area contributed by atoms with Crippen molar-refractivity contribution in [3.05, 3.63) is 65.2 Å². The molecule has 0 bridgehead atoms. The fourth-order valence-electron chi connectivity index (χ4n) is 2.33. The smallest absolute Gasteiger partial charge is 0.250 e. The molecule has 2 aromatic rings. The highest BCUT2D eigenvalue weighted by Gasteiger charge is 2.04. The second-order valence-corrected chi connectivity index (χ2v) is 5.80. The van der Waals surface area contributed by atoms with Crippen LogP contribution in [0.4, 0.5) is 5.69 Å². The number of hydrogen-bond acceptors (Lipinski definition) is 3. The number of para-hydroxylation sites is 1. The van der Waals surface area contributed by atoms with E-state index in [0.29, 0.717) is 5.75 Å². The van der Waals surface area contributed by atoms with Crippen LogP contribution in [0.3, 0.4) is 0 Å². The Morgan fingerprint density at radius 3 is 2.46 bits per heavy atom. The van der Waals surface area contributed by atoms with Gasteiger partial charge in [0.15, 0.2) is 5.11 Å². The molecule has 0 saturated carbocycles. The number of carbonyl (C=O) groups excluding carboxylic acids is 1. The van der Waals surface area contributed by atoms with Gasteiger partial charge in [0, 0.05) is 17.3 Å². The Morgan fingerprint density at radius 1 is 1.12 bits per heavy atom. The predicted molar refractivity (Wildman–Crippen MR) is 102 cm³/mol. The van der Waals surface area contributed by atoms with Gasteiger partial charge >= 0.3 is 0 Å². The molecule has 0 unspecified atom stereocenters. The summed E-state index contributed by atoms with van der Waals surface area (Å²) in [6.07, 6.45) is 3.11. The normalized spacial score (nSPS) is 10.5. The number of ether oxygens (including phenoxy) is 1. The van der Waals surface area contributed by atoms with Gasteiger partial charge in [0.05, 0.1) is 7.11 Å². The average molecular weight is 340 g/mol. The van der Waals surface area contributed by atoms with Gasteiger partial charge in [0.1, 0.15) is 5.75 Å². The molecule has 0 fully saturated rings. The van der Waals surface area contributed by atoms with E-state index in [0.717, 1.165) is 22.4 Å². The summed E-state index contributed by atoms with van der Waals surface area (Å²) in [7, 11) is 1.59. The summed E-state index contributed by atoms with van der Waals surface area (Å²) < 4.78 is 5.24. The summed E-state index contributed by atoms with van der Waals surface area (Å²) in [4.78, 5) is 12.0. The van der Waals surface area contributed by atoms with Crippen molar-refractivity contribution < 1.29 is 9.53 Å². The van der Waals surface area contributed by atoms with Gasteiger partial charge in [0.2, 0.25) is 5.91 Å². The molecular formula is C19H20N2O2S. The number of carbonyl (C=O) groups is 1. The van der Waals surface area contributed by atoms with E-state index < -0.39 is 0 Å². The molecule has 4 nitrogen and oxygen atoms in total. The number of rotatable bonds is 4. The maximum Gasteiger partial charge on any atom is 0.250 e. The van der Waals surface area contributed by atoms with Gasteiger partial charge < -0.3 is 10.1 Å². The van der Waals surface area contributed by atoms with Crippen LogP contribution in [0.2, 0.25) is 0 Å². The Labute approximate surface area is 147 Å². The molecule has 124 valence electrons. The lowest BCUT2D eigenvalue weighted by Crippen LogP contribution is -2.32. The molecule has 0 heterocycles. The summed E-state index contributed by atoms with van der Waals surface area (Å²) in [6.45, 7) is 4.02. The molecule has 2 aromatic carbocycles. The number of thiocarbonyl (C=S) groups is 1. The second-order valence-electron chi connectivity index (χ2n) is 5.40. The maximum absolute atomic E-state index is 12.0. The SMILES string of the molecule is COc1ccccc1/C=C/C(=O)NC(=S)Nc1cc(C)cc(C)c1. The highest BCUT2D eigenvalue weighted by molar-refractivity contribution is 7.80. The molecule has 5 heteroatoms. The number of nitrogens with one attached hydrogen (secondary N) is 2. The van der Waals surface area contributed by atoms with Crippen molar-refractivity contribution in [2.45, 2.75) is 13.8 Å². The first kappa shape index (κ1) is 17.7. The van der Waals surface area contributed by atoms with Gasteiger partial charge in [-0.15, -0.1) is 0 Å². The number of anilines is 1. The Kier molecular flexibility index (Phi) is 6.09. The van der Waals surface area contributed by atoms with E-state index in [-0.39, 0.29) is 11.0 Å². The minimum Gasteiger partial charge on any atom is -0.496 e. The molecule has 0 aliphatic carbocycles. The first-order valence-corrected chi connectivity index (χ1v) is 7.90. The quantitative estimate of drug-likeness (QED) is 0.656. The summed E-state index contributed by atoms with van der Waals surface area (Å²) >= 11 is 5.18. The van der Waals surface area contributed by atoms with Crippen LogP contribution in [-0.4, -0.2) is 18.1 Å². The molecule has 0 atom stereocenters. The monoisotopic (exact) mass is 340 g/mol. The van der Waals surface area contributed by atoms with E-state index in [2.05, 4.69) is 16.7 Å². The van der Waals surface area contributed by atoms with Gasteiger partial charge in [-0.05, 0) is 61.5 Å². The van der Waals surface area contributed by atoms with Gasteiger partial charge in [-0.1, -0.05) is 24.3 Å². The Morgan fingerprint density at radius 2 is 1.79 bits per heavy atom. The molecule has 1 amide bonds. The number of hydrogen-bond donors (Lipinski definition) is 2. The van der Waals surface area contributed by atoms with Crippen LogP contribution < -0.4 is 15.4 Å². The zero-order valence-electron chi connectivity index (χ0n) is 13.9. The van der Waals surface area contributed by atoms with Crippen molar-refractivity contribution in [2.75, 3.05) is 12.4 Å². The average Bonchev–Trinajstić information content (AvgIpc) is 2.52. The van der Waals surface area contributed by atoms with Crippen LogP contribution in [0, 0.1) is 13.8 Å². The molecule has 0 radical (unpaired) electrons. The van der Waals surface area contributed by atoms with Crippen LogP contribution in [0.25, 0.3) is 6.08 Å². The van der Waals surface area contributed by atoms with Crippen LogP contribution in [0.15, 0.2) is 48.5 Å². The second kappa shape index (κ2) is 8.26. The van der Waals surface area contributed by atoms with E-state index in [1.165, 1.54) is 6.08 Å². The summed E-state index contributed by atoms with van der Waals surface area (Å²) in [6, 6.07) is 13.5. The van der Waals surface area contributed by atoms with Crippen LogP contribution in [0.1, 0.15) is 16.7 Å². The van der Waals surface area contributed by atoms with Crippen molar-refractivity contribution in [2.24, 2.45) is 0 Å². The molecule has 24 heavy (non-hydrogen) atoms. The maximum atomic E-state index is 12.0. The van der Waals surface area contributed by atoms with Gasteiger partial charge in [0.25, 0.3) is 0 Å².